The number of hydrogen-bond donors (Lipinski definition) is 0. The van der Waals surface area contributed by atoms with Gasteiger partial charge in [-0.25, -0.2) is 4.79 Å². The van der Waals surface area contributed by atoms with Crippen LogP contribution in [-0.4, -0.2) is 24.7 Å². The fraction of sp³-hybridized carbons (Fsp3) is 0.0800. The van der Waals surface area contributed by atoms with E-state index in [1.165, 1.54) is 5.01 Å². The lowest BCUT2D eigenvalue weighted by atomic mass is 10.1. The molecule has 0 saturated heterocycles. The highest BCUT2D eigenvalue weighted by Gasteiger charge is 2.29. The Kier molecular flexibility index (Phi) is 5.62. The van der Waals surface area contributed by atoms with Gasteiger partial charge in [0.1, 0.15) is 11.5 Å². The Morgan fingerprint density at radius 1 is 0.935 bits per heavy atom. The molecule has 1 heterocycles. The molecule has 0 spiro atoms. The summed E-state index contributed by atoms with van der Waals surface area (Å²) in [6, 6.07) is 22.9. The second kappa shape index (κ2) is 8.67. The Morgan fingerprint density at radius 2 is 1.61 bits per heavy atom. The van der Waals surface area contributed by atoms with Gasteiger partial charge in [0.05, 0.1) is 29.6 Å². The number of amides is 1. The van der Waals surface area contributed by atoms with E-state index in [1.807, 2.05) is 36.4 Å². The Hall–Kier alpha value is -4.19. The van der Waals surface area contributed by atoms with E-state index in [1.54, 1.807) is 62.6 Å². The van der Waals surface area contributed by atoms with Crippen molar-refractivity contribution in [1.82, 2.24) is 0 Å². The van der Waals surface area contributed by atoms with Crippen LogP contribution in [0.5, 0.6) is 11.5 Å². The quantitative estimate of drug-likeness (QED) is 0.345. The predicted octanol–water partition coefficient (Wildman–Crippen LogP) is 4.72. The fourth-order valence-corrected chi connectivity index (χ4v) is 3.16. The van der Waals surface area contributed by atoms with E-state index >= 15 is 0 Å². The summed E-state index contributed by atoms with van der Waals surface area (Å²) in [6.45, 7) is 1.78. The summed E-state index contributed by atoms with van der Waals surface area (Å²) in [5, 5.41) is 5.75. The zero-order chi connectivity index (χ0) is 21.8. The second-order valence-corrected chi connectivity index (χ2v) is 6.85. The average molecular weight is 412 g/mol. The SMILES string of the molecule is COc1ccc(C(=O)Oc2ccccc2C=C2C(=O)N(c3ccccc3)N=C2C)cc1. The third-order valence-corrected chi connectivity index (χ3v) is 4.81. The molecule has 154 valence electrons. The van der Waals surface area contributed by atoms with E-state index in [9.17, 15) is 9.59 Å². The number of carbonyl (C=O) groups excluding carboxylic acids is 2. The van der Waals surface area contributed by atoms with Crippen molar-refractivity contribution in [3.05, 3.63) is 95.6 Å². The molecule has 1 aliphatic rings. The summed E-state index contributed by atoms with van der Waals surface area (Å²) in [5.74, 6) is 0.274. The maximum Gasteiger partial charge on any atom is 0.343 e. The lowest BCUT2D eigenvalue weighted by Crippen LogP contribution is -2.21. The summed E-state index contributed by atoms with van der Waals surface area (Å²) in [7, 11) is 1.56. The standard InChI is InChI=1S/C25H20N2O4/c1-17-22(24(28)27(26-17)20-9-4-3-5-10-20)16-19-8-6-7-11-23(19)31-25(29)18-12-14-21(30-2)15-13-18/h3-16H,1-2H3. The summed E-state index contributed by atoms with van der Waals surface area (Å²) >= 11 is 0. The first kappa shape index (κ1) is 20.1. The Bertz CT molecular complexity index is 1180. The van der Waals surface area contributed by atoms with Crippen molar-refractivity contribution < 1.29 is 19.1 Å². The monoisotopic (exact) mass is 412 g/mol. The van der Waals surface area contributed by atoms with Crippen molar-refractivity contribution in [3.63, 3.8) is 0 Å². The van der Waals surface area contributed by atoms with E-state index < -0.39 is 5.97 Å². The van der Waals surface area contributed by atoms with Gasteiger partial charge in [0.15, 0.2) is 0 Å². The lowest BCUT2D eigenvalue weighted by molar-refractivity contribution is -0.114. The van der Waals surface area contributed by atoms with E-state index in [4.69, 9.17) is 9.47 Å². The molecule has 0 N–H and O–H groups in total. The van der Waals surface area contributed by atoms with Crippen molar-refractivity contribution in [3.8, 4) is 11.5 Å². The van der Waals surface area contributed by atoms with E-state index in [0.29, 0.717) is 39.6 Å². The second-order valence-electron chi connectivity index (χ2n) is 6.85. The van der Waals surface area contributed by atoms with Gasteiger partial charge in [-0.2, -0.15) is 10.1 Å². The summed E-state index contributed by atoms with van der Waals surface area (Å²) in [6.07, 6.45) is 1.70. The Balaban J connectivity index is 1.60. The third kappa shape index (κ3) is 4.23. The molecule has 0 atom stereocenters. The number of hydrogen-bond acceptors (Lipinski definition) is 5. The minimum absolute atomic E-state index is 0.236. The number of benzene rings is 3. The number of hydrazone groups is 1. The molecule has 31 heavy (non-hydrogen) atoms. The predicted molar refractivity (Wildman–Crippen MR) is 119 cm³/mol. The highest BCUT2D eigenvalue weighted by molar-refractivity contribution is 6.32. The molecule has 0 radical (unpaired) electrons. The van der Waals surface area contributed by atoms with Crippen LogP contribution in [0.15, 0.2) is 89.5 Å². The smallest absolute Gasteiger partial charge is 0.343 e. The molecular weight excluding hydrogens is 392 g/mol. The summed E-state index contributed by atoms with van der Waals surface area (Å²) < 4.78 is 10.7. The van der Waals surface area contributed by atoms with E-state index in [0.717, 1.165) is 0 Å². The first-order chi connectivity index (χ1) is 15.1. The molecule has 0 bridgehead atoms. The third-order valence-electron chi connectivity index (χ3n) is 4.81. The zero-order valence-corrected chi connectivity index (χ0v) is 17.1. The van der Waals surface area contributed by atoms with Gasteiger partial charge in [-0.3, -0.25) is 4.79 Å². The van der Waals surface area contributed by atoms with Crippen LogP contribution in [0.1, 0.15) is 22.8 Å². The van der Waals surface area contributed by atoms with Crippen LogP contribution >= 0.6 is 0 Å². The molecular formula is C25H20N2O4. The van der Waals surface area contributed by atoms with Gasteiger partial charge in [0, 0.05) is 5.56 Å². The van der Waals surface area contributed by atoms with Crippen LogP contribution in [0.3, 0.4) is 0 Å². The number of para-hydroxylation sites is 2. The van der Waals surface area contributed by atoms with E-state index in [-0.39, 0.29) is 5.91 Å². The number of rotatable bonds is 5. The first-order valence-electron chi connectivity index (χ1n) is 9.69. The Morgan fingerprint density at radius 3 is 2.32 bits per heavy atom. The number of carbonyl (C=O) groups is 2. The molecule has 0 fully saturated rings. The van der Waals surface area contributed by atoms with Gasteiger partial charge < -0.3 is 9.47 Å². The maximum atomic E-state index is 13.0. The van der Waals surface area contributed by atoms with Crippen molar-refractivity contribution >= 4 is 29.4 Å². The van der Waals surface area contributed by atoms with Crippen LogP contribution in [0.4, 0.5) is 5.69 Å². The van der Waals surface area contributed by atoms with Gasteiger partial charge in [0.25, 0.3) is 5.91 Å². The molecule has 1 amide bonds. The van der Waals surface area contributed by atoms with Gasteiger partial charge in [0.2, 0.25) is 0 Å². The zero-order valence-electron chi connectivity index (χ0n) is 17.1. The van der Waals surface area contributed by atoms with Crippen LogP contribution in [0, 0.1) is 0 Å². The molecule has 3 aromatic carbocycles. The van der Waals surface area contributed by atoms with Gasteiger partial charge in [-0.1, -0.05) is 36.4 Å². The molecule has 0 aromatic heterocycles. The number of anilines is 1. The average Bonchev–Trinajstić information content (AvgIpc) is 3.09. The van der Waals surface area contributed by atoms with Gasteiger partial charge in [-0.05, 0) is 55.5 Å². The van der Waals surface area contributed by atoms with Crippen LogP contribution in [0.25, 0.3) is 6.08 Å². The van der Waals surface area contributed by atoms with Gasteiger partial charge >= 0.3 is 5.97 Å². The topological polar surface area (TPSA) is 68.2 Å². The normalized spacial score (nSPS) is 14.5. The fourth-order valence-electron chi connectivity index (χ4n) is 3.16. The molecule has 0 aliphatic carbocycles. The number of esters is 1. The number of methoxy groups -OCH3 is 1. The number of ether oxygens (including phenoxy) is 2. The molecule has 0 saturated carbocycles. The van der Waals surface area contributed by atoms with Crippen molar-refractivity contribution in [2.45, 2.75) is 6.92 Å². The first-order valence-corrected chi connectivity index (χ1v) is 9.69. The highest BCUT2D eigenvalue weighted by Crippen LogP contribution is 2.28. The molecule has 1 aliphatic heterocycles. The molecule has 3 aromatic rings. The molecule has 4 rings (SSSR count). The molecule has 6 nitrogen and oxygen atoms in total. The Labute approximate surface area is 180 Å². The van der Waals surface area contributed by atoms with Crippen molar-refractivity contribution in [1.29, 1.82) is 0 Å². The van der Waals surface area contributed by atoms with Crippen LogP contribution < -0.4 is 14.5 Å². The van der Waals surface area contributed by atoms with Crippen LogP contribution in [0.2, 0.25) is 0 Å². The minimum atomic E-state index is -0.498. The maximum absolute atomic E-state index is 13.0. The van der Waals surface area contributed by atoms with E-state index in [2.05, 4.69) is 5.10 Å². The molecule has 6 heteroatoms. The van der Waals surface area contributed by atoms with Crippen molar-refractivity contribution in [2.75, 3.05) is 12.1 Å². The molecule has 0 unspecified atom stereocenters. The van der Waals surface area contributed by atoms with Crippen molar-refractivity contribution in [2.24, 2.45) is 5.10 Å². The largest absolute Gasteiger partial charge is 0.497 e. The summed E-state index contributed by atoms with van der Waals surface area (Å²) in [4.78, 5) is 25.5. The highest BCUT2D eigenvalue weighted by atomic mass is 16.5. The van der Waals surface area contributed by atoms with Crippen LogP contribution in [-0.2, 0) is 4.79 Å². The minimum Gasteiger partial charge on any atom is -0.497 e. The summed E-state index contributed by atoms with van der Waals surface area (Å²) in [5.41, 5.74) is 2.72. The lowest BCUT2D eigenvalue weighted by Gasteiger charge is -2.11. The van der Waals surface area contributed by atoms with Gasteiger partial charge in [-0.15, -0.1) is 0 Å². The number of nitrogens with zero attached hydrogens (tertiary/aromatic N) is 2.